The number of ether oxygens (including phenoxy) is 4. The zero-order valence-corrected chi connectivity index (χ0v) is 25.4. The normalized spacial score (nSPS) is 13.2. The molecule has 1 aliphatic heterocycles. The van der Waals surface area contributed by atoms with Crippen LogP contribution in [0.3, 0.4) is 0 Å². The third kappa shape index (κ3) is 7.42. The van der Waals surface area contributed by atoms with Crippen molar-refractivity contribution in [1.82, 2.24) is 14.9 Å². The summed E-state index contributed by atoms with van der Waals surface area (Å²) in [5.41, 5.74) is 6.33. The second-order valence-electron chi connectivity index (χ2n) is 10.0. The fourth-order valence-corrected chi connectivity index (χ4v) is 4.99. The number of furan rings is 1. The van der Waals surface area contributed by atoms with E-state index in [1.54, 1.807) is 29.2 Å². The van der Waals surface area contributed by atoms with Gasteiger partial charge in [0.2, 0.25) is 0 Å². The van der Waals surface area contributed by atoms with Gasteiger partial charge in [0.05, 0.1) is 31.6 Å². The van der Waals surface area contributed by atoms with Crippen LogP contribution in [0, 0.1) is 13.8 Å². The topological polar surface area (TPSA) is 117 Å². The Balaban J connectivity index is 1.12. The van der Waals surface area contributed by atoms with Crippen LogP contribution in [0.25, 0.3) is 5.69 Å². The van der Waals surface area contributed by atoms with Crippen molar-refractivity contribution in [2.24, 2.45) is 5.10 Å². The molecule has 12 heteroatoms. The molecule has 230 valence electrons. The number of hydrazone groups is 1. The van der Waals surface area contributed by atoms with Gasteiger partial charge in [0.25, 0.3) is 5.91 Å². The molecule has 1 saturated heterocycles. The van der Waals surface area contributed by atoms with E-state index in [1.807, 2.05) is 24.3 Å². The molecule has 0 radical (unpaired) electrons. The Morgan fingerprint density at radius 2 is 1.73 bits per heavy atom. The van der Waals surface area contributed by atoms with Crippen molar-refractivity contribution in [3.05, 3.63) is 94.2 Å². The number of carbonyl (C=O) groups is 2. The minimum Gasteiger partial charge on any atom is -0.493 e. The van der Waals surface area contributed by atoms with E-state index in [2.05, 4.69) is 41.1 Å². The van der Waals surface area contributed by atoms with E-state index in [9.17, 15) is 9.59 Å². The molecule has 2 aromatic carbocycles. The number of nitrogens with one attached hydrogen (secondary N) is 1. The first kappa shape index (κ1) is 30.7. The van der Waals surface area contributed by atoms with Gasteiger partial charge in [0.15, 0.2) is 23.9 Å². The van der Waals surface area contributed by atoms with Crippen molar-refractivity contribution < 1.29 is 33.0 Å². The fourth-order valence-electron chi connectivity index (χ4n) is 4.71. The summed E-state index contributed by atoms with van der Waals surface area (Å²) >= 11 is 6.41. The fraction of sp³-hybridized carbons (Fsp3) is 0.281. The molecular weight excluding hydrogens is 588 g/mol. The molecule has 1 N–H and O–H groups in total. The molecular formula is C32H33ClN4O7. The maximum absolute atomic E-state index is 12.6. The van der Waals surface area contributed by atoms with E-state index in [0.717, 1.165) is 17.1 Å². The summed E-state index contributed by atoms with van der Waals surface area (Å²) in [6.07, 6.45) is 1.41. The van der Waals surface area contributed by atoms with Gasteiger partial charge in [0.1, 0.15) is 18.1 Å². The number of hydrogen-bond acceptors (Lipinski definition) is 8. The SMILES string of the molecule is COc1cc(/C=N/NC(=O)c2ccc(COc3ccc(-n4c(C)ccc4C)cc3)o2)cc(Cl)c1OCC(=O)N1CCOCC1. The number of aromatic nitrogens is 1. The summed E-state index contributed by atoms with van der Waals surface area (Å²) in [5.74, 6) is 1.11. The summed E-state index contributed by atoms with van der Waals surface area (Å²) in [6, 6.07) is 18.4. The van der Waals surface area contributed by atoms with E-state index in [-0.39, 0.29) is 35.7 Å². The Kier molecular flexibility index (Phi) is 9.88. The molecule has 1 fully saturated rings. The van der Waals surface area contributed by atoms with Gasteiger partial charge in [0, 0.05) is 30.2 Å². The number of rotatable bonds is 11. The summed E-state index contributed by atoms with van der Waals surface area (Å²) in [5, 5.41) is 4.23. The molecule has 0 unspecified atom stereocenters. The van der Waals surface area contributed by atoms with Crippen molar-refractivity contribution >= 4 is 29.6 Å². The van der Waals surface area contributed by atoms with Crippen LogP contribution in [0.1, 0.15) is 33.3 Å². The van der Waals surface area contributed by atoms with E-state index in [1.165, 1.54) is 13.3 Å². The van der Waals surface area contributed by atoms with Crippen LogP contribution in [0.5, 0.6) is 17.2 Å². The molecule has 5 rings (SSSR count). The molecule has 0 saturated carbocycles. The number of halogens is 1. The van der Waals surface area contributed by atoms with Crippen LogP contribution in [0.4, 0.5) is 0 Å². The van der Waals surface area contributed by atoms with Crippen LogP contribution in [-0.2, 0) is 16.1 Å². The van der Waals surface area contributed by atoms with Crippen molar-refractivity contribution in [2.75, 3.05) is 40.0 Å². The number of carbonyl (C=O) groups excluding carboxylic acids is 2. The number of amides is 2. The van der Waals surface area contributed by atoms with Gasteiger partial charge in [-0.25, -0.2) is 5.43 Å². The van der Waals surface area contributed by atoms with Crippen LogP contribution in [0.15, 0.2) is 70.2 Å². The van der Waals surface area contributed by atoms with E-state index in [0.29, 0.717) is 49.1 Å². The third-order valence-corrected chi connectivity index (χ3v) is 7.25. The first-order valence-electron chi connectivity index (χ1n) is 14.0. The lowest BCUT2D eigenvalue weighted by molar-refractivity contribution is -0.137. The molecule has 11 nitrogen and oxygen atoms in total. The molecule has 0 spiro atoms. The molecule has 2 aromatic heterocycles. The smallest absolute Gasteiger partial charge is 0.307 e. The zero-order valence-electron chi connectivity index (χ0n) is 24.7. The highest BCUT2D eigenvalue weighted by atomic mass is 35.5. The maximum Gasteiger partial charge on any atom is 0.307 e. The lowest BCUT2D eigenvalue weighted by Crippen LogP contribution is -2.43. The monoisotopic (exact) mass is 620 g/mol. The van der Waals surface area contributed by atoms with Crippen molar-refractivity contribution in [2.45, 2.75) is 20.5 Å². The van der Waals surface area contributed by atoms with E-state index < -0.39 is 5.91 Å². The lowest BCUT2D eigenvalue weighted by atomic mass is 10.2. The van der Waals surface area contributed by atoms with E-state index >= 15 is 0 Å². The number of benzene rings is 2. The third-order valence-electron chi connectivity index (χ3n) is 6.97. The Labute approximate surface area is 259 Å². The minimum absolute atomic E-state index is 0.0824. The number of nitrogens with zero attached hydrogens (tertiary/aromatic N) is 3. The minimum atomic E-state index is -0.533. The average molecular weight is 621 g/mol. The largest absolute Gasteiger partial charge is 0.493 e. The van der Waals surface area contributed by atoms with Crippen molar-refractivity contribution in [3.8, 4) is 22.9 Å². The standard InChI is InChI=1S/C32H33ClN4O7/c1-21-4-5-22(2)37(21)24-6-8-25(9-7-24)42-19-26-10-11-28(44-26)32(39)35-34-18-23-16-27(33)31(29(17-23)40-3)43-20-30(38)36-12-14-41-15-13-36/h4-11,16-18H,12-15,19-20H2,1-3H3,(H,35,39)/b34-18+. The molecule has 0 aliphatic carbocycles. The molecule has 0 bridgehead atoms. The zero-order chi connectivity index (χ0) is 31.1. The van der Waals surface area contributed by atoms with Gasteiger partial charge >= 0.3 is 5.91 Å². The van der Waals surface area contributed by atoms with Gasteiger partial charge in [-0.3, -0.25) is 9.59 Å². The first-order valence-corrected chi connectivity index (χ1v) is 14.4. The number of morpholine rings is 1. The second-order valence-corrected chi connectivity index (χ2v) is 10.4. The maximum atomic E-state index is 12.6. The summed E-state index contributed by atoms with van der Waals surface area (Å²) in [6.45, 7) is 6.13. The second kappa shape index (κ2) is 14.2. The summed E-state index contributed by atoms with van der Waals surface area (Å²) < 4.78 is 30.0. The van der Waals surface area contributed by atoms with E-state index in [4.69, 9.17) is 35.0 Å². The van der Waals surface area contributed by atoms with Gasteiger partial charge in [-0.05, 0) is 80.1 Å². The molecule has 4 aromatic rings. The van der Waals surface area contributed by atoms with Crippen LogP contribution < -0.4 is 19.6 Å². The Bertz CT molecular complexity index is 1620. The van der Waals surface area contributed by atoms with Crippen LogP contribution in [0.2, 0.25) is 5.02 Å². The highest BCUT2D eigenvalue weighted by Gasteiger charge is 2.19. The number of methoxy groups -OCH3 is 1. The predicted octanol–water partition coefficient (Wildman–Crippen LogP) is 4.93. The highest BCUT2D eigenvalue weighted by molar-refractivity contribution is 6.32. The van der Waals surface area contributed by atoms with Gasteiger partial charge in [-0.15, -0.1) is 0 Å². The molecule has 2 amide bonds. The molecule has 44 heavy (non-hydrogen) atoms. The van der Waals surface area contributed by atoms with Crippen molar-refractivity contribution in [3.63, 3.8) is 0 Å². The molecule has 0 atom stereocenters. The summed E-state index contributed by atoms with van der Waals surface area (Å²) in [7, 11) is 1.46. The quantitative estimate of drug-likeness (QED) is 0.187. The lowest BCUT2D eigenvalue weighted by Gasteiger charge is -2.26. The van der Waals surface area contributed by atoms with Crippen LogP contribution >= 0.6 is 11.6 Å². The predicted molar refractivity (Wildman–Crippen MR) is 164 cm³/mol. The highest BCUT2D eigenvalue weighted by Crippen LogP contribution is 2.36. The summed E-state index contributed by atoms with van der Waals surface area (Å²) in [4.78, 5) is 26.7. The Morgan fingerprint density at radius 3 is 2.43 bits per heavy atom. The number of aryl methyl sites for hydroxylation is 2. The Hall–Kier alpha value is -4.74. The Morgan fingerprint density at radius 1 is 1.00 bits per heavy atom. The first-order chi connectivity index (χ1) is 21.3. The average Bonchev–Trinajstić information content (AvgIpc) is 3.65. The molecule has 3 heterocycles. The number of hydrogen-bond donors (Lipinski definition) is 1. The van der Waals surface area contributed by atoms with Crippen LogP contribution in [-0.4, -0.2) is 67.5 Å². The van der Waals surface area contributed by atoms with Gasteiger partial charge in [-0.2, -0.15) is 5.10 Å². The van der Waals surface area contributed by atoms with Gasteiger partial charge < -0.3 is 32.8 Å². The van der Waals surface area contributed by atoms with Crippen molar-refractivity contribution in [1.29, 1.82) is 0 Å². The van der Waals surface area contributed by atoms with Gasteiger partial charge in [-0.1, -0.05) is 11.6 Å². The molecule has 1 aliphatic rings.